The van der Waals surface area contributed by atoms with E-state index >= 15 is 0 Å². The maximum absolute atomic E-state index is 5.09. The zero-order chi connectivity index (χ0) is 25.1. The average molecular weight is 487 g/mol. The number of hydrogen-bond acceptors (Lipinski definition) is 3. The zero-order valence-corrected chi connectivity index (χ0v) is 20.5. The molecule has 1 aliphatic carbocycles. The number of hydrogen-bond donors (Lipinski definition) is 0. The lowest BCUT2D eigenvalue weighted by atomic mass is 9.98. The topological polar surface area (TPSA) is 43.6 Å². The fraction of sp³-hybridized carbons (Fsp3) is 0.0294. The molecule has 8 rings (SSSR count). The van der Waals surface area contributed by atoms with Gasteiger partial charge in [-0.05, 0) is 29.0 Å². The van der Waals surface area contributed by atoms with Crippen molar-refractivity contribution in [3.63, 3.8) is 0 Å². The zero-order valence-electron chi connectivity index (χ0n) is 20.5. The Morgan fingerprint density at radius 1 is 0.579 bits per heavy atom. The van der Waals surface area contributed by atoms with Gasteiger partial charge in [0.2, 0.25) is 5.95 Å². The minimum atomic E-state index is 0.621. The van der Waals surface area contributed by atoms with E-state index in [0.717, 1.165) is 28.6 Å². The van der Waals surface area contributed by atoms with Gasteiger partial charge in [0.25, 0.3) is 0 Å². The lowest BCUT2D eigenvalue weighted by molar-refractivity contribution is 0.955. The Balaban J connectivity index is 1.54. The summed E-state index contributed by atoms with van der Waals surface area (Å²) in [7, 11) is 0. The Labute approximate surface area is 219 Å². The molecule has 0 aliphatic heterocycles. The van der Waals surface area contributed by atoms with Crippen LogP contribution in [-0.4, -0.2) is 19.5 Å². The highest BCUT2D eigenvalue weighted by Gasteiger charge is 2.21. The molecule has 0 radical (unpaired) electrons. The van der Waals surface area contributed by atoms with Gasteiger partial charge in [0.1, 0.15) is 0 Å². The van der Waals surface area contributed by atoms with Crippen LogP contribution < -0.4 is 0 Å². The molecule has 0 saturated carbocycles. The Morgan fingerprint density at radius 2 is 1.24 bits per heavy atom. The second kappa shape index (κ2) is 8.22. The quantitative estimate of drug-likeness (QED) is 0.254. The Hall–Kier alpha value is -5.09. The van der Waals surface area contributed by atoms with Crippen molar-refractivity contribution in [2.75, 3.05) is 0 Å². The molecule has 7 aromatic rings. The first kappa shape index (κ1) is 21.0. The van der Waals surface area contributed by atoms with Crippen LogP contribution in [0.25, 0.3) is 67.4 Å². The molecule has 2 aromatic heterocycles. The first-order chi connectivity index (χ1) is 18.8. The summed E-state index contributed by atoms with van der Waals surface area (Å²) in [5.74, 6) is 1.94. The third kappa shape index (κ3) is 3.14. The molecule has 0 saturated heterocycles. The fourth-order valence-electron chi connectivity index (χ4n) is 5.71. The van der Waals surface area contributed by atoms with Gasteiger partial charge in [-0.15, -0.1) is 0 Å². The van der Waals surface area contributed by atoms with Crippen LogP contribution in [0.1, 0.15) is 11.1 Å². The monoisotopic (exact) mass is 486 g/mol. The Bertz CT molecular complexity index is 1980. The van der Waals surface area contributed by atoms with Crippen LogP contribution in [0.15, 0.2) is 115 Å². The number of aromatic nitrogens is 4. The minimum absolute atomic E-state index is 0.621. The molecule has 0 spiro atoms. The first-order valence-electron chi connectivity index (χ1n) is 12.9. The molecule has 0 fully saturated rings. The van der Waals surface area contributed by atoms with E-state index in [-0.39, 0.29) is 0 Å². The van der Waals surface area contributed by atoms with Crippen molar-refractivity contribution in [1.82, 2.24) is 19.5 Å². The molecule has 4 nitrogen and oxygen atoms in total. The van der Waals surface area contributed by atoms with Crippen LogP contribution in [0, 0.1) is 0 Å². The van der Waals surface area contributed by atoms with Crippen molar-refractivity contribution in [1.29, 1.82) is 0 Å². The van der Waals surface area contributed by atoms with E-state index in [1.165, 1.54) is 32.7 Å². The molecule has 0 N–H and O–H groups in total. The molecule has 178 valence electrons. The SMILES string of the molecule is C1=Cc2c(ccc3ccc4c5ccccc5n(-c5nc(-c6ccccc6)nc(-c6ccccc6)n5)c4c23)C1. The van der Waals surface area contributed by atoms with Crippen LogP contribution in [-0.2, 0) is 6.42 Å². The van der Waals surface area contributed by atoms with Crippen LogP contribution >= 0.6 is 0 Å². The molecule has 0 unspecified atom stereocenters. The summed E-state index contributed by atoms with van der Waals surface area (Å²) < 4.78 is 2.24. The predicted molar refractivity (Wildman–Crippen MR) is 155 cm³/mol. The van der Waals surface area contributed by atoms with E-state index in [9.17, 15) is 0 Å². The lowest BCUT2D eigenvalue weighted by Crippen LogP contribution is -2.06. The normalized spacial score (nSPS) is 12.5. The third-order valence-corrected chi connectivity index (χ3v) is 7.46. The second-order valence-corrected chi connectivity index (χ2v) is 9.67. The highest BCUT2D eigenvalue weighted by molar-refractivity contribution is 6.20. The molecule has 1 aliphatic rings. The maximum atomic E-state index is 5.09. The highest BCUT2D eigenvalue weighted by atomic mass is 15.2. The molecule has 5 aromatic carbocycles. The largest absolute Gasteiger partial charge is 0.277 e. The Morgan fingerprint density at radius 3 is 1.97 bits per heavy atom. The van der Waals surface area contributed by atoms with Crippen LogP contribution in [0.3, 0.4) is 0 Å². The summed E-state index contributed by atoms with van der Waals surface area (Å²) in [5.41, 5.74) is 6.78. The smallest absolute Gasteiger partial charge is 0.238 e. The number of para-hydroxylation sites is 1. The molecule has 0 bridgehead atoms. The highest BCUT2D eigenvalue weighted by Crippen LogP contribution is 2.40. The third-order valence-electron chi connectivity index (χ3n) is 7.46. The number of rotatable bonds is 3. The van der Waals surface area contributed by atoms with Gasteiger partial charge in [-0.1, -0.05) is 115 Å². The van der Waals surface area contributed by atoms with E-state index in [4.69, 9.17) is 15.0 Å². The molecular formula is C34H22N4. The summed E-state index contributed by atoms with van der Waals surface area (Å²) in [6, 6.07) is 37.8. The van der Waals surface area contributed by atoms with Gasteiger partial charge in [0, 0.05) is 27.3 Å². The van der Waals surface area contributed by atoms with Gasteiger partial charge in [-0.3, -0.25) is 4.57 Å². The summed E-state index contributed by atoms with van der Waals surface area (Å²) >= 11 is 0. The summed E-state index contributed by atoms with van der Waals surface area (Å²) in [6.07, 6.45) is 5.47. The average Bonchev–Trinajstić information content (AvgIpc) is 3.61. The van der Waals surface area contributed by atoms with Gasteiger partial charge >= 0.3 is 0 Å². The van der Waals surface area contributed by atoms with Crippen molar-refractivity contribution >= 4 is 38.7 Å². The second-order valence-electron chi connectivity index (χ2n) is 9.67. The molecule has 0 amide bonds. The maximum Gasteiger partial charge on any atom is 0.238 e. The number of fused-ring (bicyclic) bond motifs is 7. The predicted octanol–water partition coefficient (Wildman–Crippen LogP) is 8.03. The number of benzene rings is 5. The van der Waals surface area contributed by atoms with Gasteiger partial charge in [0.15, 0.2) is 11.6 Å². The molecule has 0 atom stereocenters. The van der Waals surface area contributed by atoms with Gasteiger partial charge in [0.05, 0.1) is 11.0 Å². The van der Waals surface area contributed by atoms with Crippen LogP contribution in [0.5, 0.6) is 0 Å². The van der Waals surface area contributed by atoms with Crippen molar-refractivity contribution in [2.45, 2.75) is 6.42 Å². The lowest BCUT2D eigenvalue weighted by Gasteiger charge is -2.13. The molecule has 38 heavy (non-hydrogen) atoms. The Kier molecular flexibility index (Phi) is 4.55. The fourth-order valence-corrected chi connectivity index (χ4v) is 5.71. The van der Waals surface area contributed by atoms with Gasteiger partial charge in [-0.25, -0.2) is 4.98 Å². The standard InChI is InChI=1S/C34H22N4/c1-3-10-24(11-4-1)32-35-33(25-12-5-2-6-13-25)37-34(36-32)38-29-17-8-7-15-27(29)28-21-20-23-19-18-22-14-9-16-26(22)30(23)31(28)38/h1-13,15-21H,14H2. The van der Waals surface area contributed by atoms with E-state index < -0.39 is 0 Å². The van der Waals surface area contributed by atoms with Crippen LogP contribution in [0.2, 0.25) is 0 Å². The summed E-state index contributed by atoms with van der Waals surface area (Å²) in [5, 5.41) is 4.84. The molecular weight excluding hydrogens is 464 g/mol. The summed E-state index contributed by atoms with van der Waals surface area (Å²) in [6.45, 7) is 0. The molecule has 4 heteroatoms. The van der Waals surface area contributed by atoms with E-state index in [1.54, 1.807) is 0 Å². The van der Waals surface area contributed by atoms with Crippen LogP contribution in [0.4, 0.5) is 0 Å². The van der Waals surface area contributed by atoms with E-state index in [1.807, 2.05) is 60.7 Å². The van der Waals surface area contributed by atoms with Crippen molar-refractivity contribution < 1.29 is 0 Å². The van der Waals surface area contributed by atoms with Crippen molar-refractivity contribution in [2.24, 2.45) is 0 Å². The van der Waals surface area contributed by atoms with Crippen molar-refractivity contribution in [3.05, 3.63) is 126 Å². The van der Waals surface area contributed by atoms with Gasteiger partial charge < -0.3 is 0 Å². The van der Waals surface area contributed by atoms with E-state index in [2.05, 4.69) is 65.3 Å². The van der Waals surface area contributed by atoms with Crippen molar-refractivity contribution in [3.8, 4) is 28.7 Å². The van der Waals surface area contributed by atoms with Gasteiger partial charge in [-0.2, -0.15) is 9.97 Å². The minimum Gasteiger partial charge on any atom is -0.277 e. The summed E-state index contributed by atoms with van der Waals surface area (Å²) in [4.78, 5) is 15.1. The number of allylic oxidation sites excluding steroid dienone is 1. The van der Waals surface area contributed by atoms with E-state index in [0.29, 0.717) is 17.6 Å². The number of nitrogens with zero attached hydrogens (tertiary/aromatic N) is 4. The first-order valence-corrected chi connectivity index (χ1v) is 12.9. The molecule has 2 heterocycles.